The predicted octanol–water partition coefficient (Wildman–Crippen LogP) is 1.41. The fourth-order valence-electron chi connectivity index (χ4n) is 2.06. The molecule has 0 radical (unpaired) electrons. The van der Waals surface area contributed by atoms with Crippen LogP contribution in [0.2, 0.25) is 0 Å². The van der Waals surface area contributed by atoms with Crippen molar-refractivity contribution < 1.29 is 0 Å². The maximum absolute atomic E-state index is 4.34. The molecule has 16 heavy (non-hydrogen) atoms. The number of nitrogens with zero attached hydrogens (tertiary/aromatic N) is 5. The number of fused-ring (bicyclic) bond motifs is 1. The van der Waals surface area contributed by atoms with Crippen molar-refractivity contribution in [3.8, 4) is 0 Å². The fraction of sp³-hybridized carbons (Fsp3) is 0.500. The van der Waals surface area contributed by atoms with Crippen LogP contribution in [0.25, 0.3) is 5.78 Å². The van der Waals surface area contributed by atoms with Gasteiger partial charge in [0.05, 0.1) is 0 Å². The summed E-state index contributed by atoms with van der Waals surface area (Å²) >= 11 is 3.65. The first kappa shape index (κ1) is 10.0. The van der Waals surface area contributed by atoms with Crippen molar-refractivity contribution in [2.45, 2.75) is 18.2 Å². The quantitative estimate of drug-likeness (QED) is 0.742. The second kappa shape index (κ2) is 3.69. The topological polar surface area (TPSA) is 46.3 Å². The molecule has 2 aromatic heterocycles. The zero-order chi connectivity index (χ0) is 11.1. The van der Waals surface area contributed by atoms with Gasteiger partial charge in [0.1, 0.15) is 12.1 Å². The van der Waals surface area contributed by atoms with E-state index in [4.69, 9.17) is 0 Å². The van der Waals surface area contributed by atoms with E-state index in [0.29, 0.717) is 10.6 Å². The standard InChI is InChI=1S/C10H12BrN5/c1-7-4-9(15-3-2-8(11)5-15)16-10(14-7)12-6-13-16/h4,6,8H,2-3,5H2,1H3. The van der Waals surface area contributed by atoms with Gasteiger partial charge in [0.25, 0.3) is 5.78 Å². The zero-order valence-electron chi connectivity index (χ0n) is 8.97. The van der Waals surface area contributed by atoms with Gasteiger partial charge < -0.3 is 4.90 Å². The van der Waals surface area contributed by atoms with E-state index in [1.54, 1.807) is 10.8 Å². The Balaban J connectivity index is 2.11. The van der Waals surface area contributed by atoms with E-state index in [1.807, 2.05) is 6.92 Å². The highest BCUT2D eigenvalue weighted by atomic mass is 79.9. The smallest absolute Gasteiger partial charge is 0.254 e. The van der Waals surface area contributed by atoms with E-state index in [1.165, 1.54) is 0 Å². The van der Waals surface area contributed by atoms with E-state index in [-0.39, 0.29) is 0 Å². The number of rotatable bonds is 1. The predicted molar refractivity (Wildman–Crippen MR) is 65.1 cm³/mol. The Bertz CT molecular complexity index is 523. The summed E-state index contributed by atoms with van der Waals surface area (Å²) in [5.74, 6) is 1.76. The molecule has 1 fully saturated rings. The summed E-state index contributed by atoms with van der Waals surface area (Å²) in [6, 6.07) is 2.06. The molecule has 3 rings (SSSR count). The third kappa shape index (κ3) is 1.57. The third-order valence-electron chi connectivity index (χ3n) is 2.82. The van der Waals surface area contributed by atoms with Crippen molar-refractivity contribution in [3.05, 3.63) is 18.1 Å². The molecule has 0 spiro atoms. The van der Waals surface area contributed by atoms with Crippen molar-refractivity contribution in [2.24, 2.45) is 0 Å². The number of aryl methyl sites for hydroxylation is 1. The number of hydrogen-bond acceptors (Lipinski definition) is 4. The van der Waals surface area contributed by atoms with Crippen LogP contribution in [-0.2, 0) is 0 Å². The lowest BCUT2D eigenvalue weighted by atomic mass is 10.4. The number of alkyl halides is 1. The largest absolute Gasteiger partial charge is 0.355 e. The first-order valence-corrected chi connectivity index (χ1v) is 6.22. The summed E-state index contributed by atoms with van der Waals surface area (Å²) in [5, 5.41) is 4.22. The molecule has 0 saturated carbocycles. The Morgan fingerprint density at radius 2 is 2.38 bits per heavy atom. The van der Waals surface area contributed by atoms with Gasteiger partial charge in [-0.25, -0.2) is 4.98 Å². The van der Waals surface area contributed by atoms with Gasteiger partial charge in [0.2, 0.25) is 0 Å². The lowest BCUT2D eigenvalue weighted by molar-refractivity contribution is 0.846. The number of hydrogen-bond donors (Lipinski definition) is 0. The summed E-state index contributed by atoms with van der Waals surface area (Å²) < 4.78 is 1.80. The Hall–Kier alpha value is -1.17. The van der Waals surface area contributed by atoms with Crippen molar-refractivity contribution in [1.29, 1.82) is 0 Å². The molecule has 0 bridgehead atoms. The van der Waals surface area contributed by atoms with Crippen molar-refractivity contribution >= 4 is 27.5 Å². The Kier molecular flexibility index (Phi) is 2.31. The molecule has 0 aromatic carbocycles. The summed E-state index contributed by atoms with van der Waals surface area (Å²) in [5.41, 5.74) is 0.980. The maximum Gasteiger partial charge on any atom is 0.254 e. The van der Waals surface area contributed by atoms with Gasteiger partial charge in [0.15, 0.2) is 0 Å². The summed E-state index contributed by atoms with van der Waals surface area (Å²) in [4.78, 5) is 11.4. The zero-order valence-corrected chi connectivity index (χ0v) is 10.6. The van der Waals surface area contributed by atoms with E-state index in [2.05, 4.69) is 42.0 Å². The molecule has 1 unspecified atom stereocenters. The molecule has 84 valence electrons. The van der Waals surface area contributed by atoms with Crippen molar-refractivity contribution in [3.63, 3.8) is 0 Å². The third-order valence-corrected chi connectivity index (χ3v) is 3.56. The second-order valence-corrected chi connectivity index (χ2v) is 5.35. The molecule has 3 heterocycles. The first-order chi connectivity index (χ1) is 7.74. The highest BCUT2D eigenvalue weighted by molar-refractivity contribution is 9.09. The lowest BCUT2D eigenvalue weighted by Gasteiger charge is -2.18. The highest BCUT2D eigenvalue weighted by Crippen LogP contribution is 2.24. The van der Waals surface area contributed by atoms with Crippen LogP contribution in [0.5, 0.6) is 0 Å². The number of halogens is 1. The molecule has 1 aliphatic rings. The lowest BCUT2D eigenvalue weighted by Crippen LogP contribution is -2.23. The van der Waals surface area contributed by atoms with Gasteiger partial charge in [-0.05, 0) is 13.3 Å². The molecule has 5 nitrogen and oxygen atoms in total. The van der Waals surface area contributed by atoms with Crippen LogP contribution in [0.15, 0.2) is 12.4 Å². The van der Waals surface area contributed by atoms with Gasteiger partial charge >= 0.3 is 0 Å². The number of anilines is 1. The van der Waals surface area contributed by atoms with Gasteiger partial charge in [-0.15, -0.1) is 0 Å². The van der Waals surface area contributed by atoms with Gasteiger partial charge in [-0.2, -0.15) is 14.6 Å². The SMILES string of the molecule is Cc1cc(N2CCC(Br)C2)n2ncnc2n1. The van der Waals surface area contributed by atoms with Crippen LogP contribution in [0.4, 0.5) is 5.82 Å². The van der Waals surface area contributed by atoms with Crippen LogP contribution < -0.4 is 4.90 Å². The number of aromatic nitrogens is 4. The monoisotopic (exact) mass is 281 g/mol. The summed E-state index contributed by atoms with van der Waals surface area (Å²) in [7, 11) is 0. The van der Waals surface area contributed by atoms with E-state index in [0.717, 1.165) is 31.0 Å². The molecule has 6 heteroatoms. The average molecular weight is 282 g/mol. The van der Waals surface area contributed by atoms with Crippen LogP contribution >= 0.6 is 15.9 Å². The van der Waals surface area contributed by atoms with Gasteiger partial charge in [0, 0.05) is 29.7 Å². The molecule has 1 aliphatic heterocycles. The van der Waals surface area contributed by atoms with Gasteiger partial charge in [-0.3, -0.25) is 0 Å². The Labute approximate surface area is 102 Å². The minimum absolute atomic E-state index is 0.569. The second-order valence-electron chi connectivity index (χ2n) is 4.06. The normalized spacial score (nSPS) is 20.9. The Morgan fingerprint density at radius 1 is 1.50 bits per heavy atom. The minimum atomic E-state index is 0.569. The van der Waals surface area contributed by atoms with Gasteiger partial charge in [-0.1, -0.05) is 15.9 Å². The van der Waals surface area contributed by atoms with E-state index < -0.39 is 0 Å². The van der Waals surface area contributed by atoms with Crippen LogP contribution in [0, 0.1) is 6.92 Å². The molecule has 0 aliphatic carbocycles. The summed E-state index contributed by atoms with van der Waals surface area (Å²) in [6.45, 7) is 4.05. The molecule has 2 aromatic rings. The maximum atomic E-state index is 4.34. The van der Waals surface area contributed by atoms with Crippen molar-refractivity contribution in [1.82, 2.24) is 19.6 Å². The summed E-state index contributed by atoms with van der Waals surface area (Å²) in [6.07, 6.45) is 2.71. The molecule has 1 atom stereocenters. The van der Waals surface area contributed by atoms with Crippen LogP contribution in [0.3, 0.4) is 0 Å². The van der Waals surface area contributed by atoms with Crippen molar-refractivity contribution in [2.75, 3.05) is 18.0 Å². The first-order valence-electron chi connectivity index (χ1n) is 5.30. The van der Waals surface area contributed by atoms with Crippen LogP contribution in [0.1, 0.15) is 12.1 Å². The molecular formula is C10H12BrN5. The van der Waals surface area contributed by atoms with E-state index in [9.17, 15) is 0 Å². The molecular weight excluding hydrogens is 270 g/mol. The van der Waals surface area contributed by atoms with E-state index >= 15 is 0 Å². The fourth-order valence-corrected chi connectivity index (χ4v) is 2.62. The van der Waals surface area contributed by atoms with Crippen LogP contribution in [-0.4, -0.2) is 37.5 Å². The minimum Gasteiger partial charge on any atom is -0.355 e. The Morgan fingerprint density at radius 3 is 3.12 bits per heavy atom. The molecule has 0 N–H and O–H groups in total. The average Bonchev–Trinajstić information content (AvgIpc) is 2.84. The molecule has 1 saturated heterocycles. The highest BCUT2D eigenvalue weighted by Gasteiger charge is 2.22. The molecule has 0 amide bonds.